The Balaban J connectivity index is 2.92. The Labute approximate surface area is 98.4 Å². The third kappa shape index (κ3) is 1.60. The first-order chi connectivity index (χ1) is 8.22. The third-order valence-electron chi connectivity index (χ3n) is 2.55. The molecule has 0 aliphatic rings. The lowest BCUT2D eigenvalue weighted by Crippen LogP contribution is -1.98. The number of hydrogen-bond acceptors (Lipinski definition) is 5. The molecule has 5 heteroatoms. The van der Waals surface area contributed by atoms with Crippen molar-refractivity contribution in [1.82, 2.24) is 4.98 Å². The van der Waals surface area contributed by atoms with Crippen molar-refractivity contribution >= 4 is 16.6 Å². The van der Waals surface area contributed by atoms with Gasteiger partial charge >= 0.3 is 0 Å². The number of nitrogens with two attached hydrogens (primary N) is 1. The van der Waals surface area contributed by atoms with E-state index in [1.165, 1.54) is 6.20 Å². The van der Waals surface area contributed by atoms with Gasteiger partial charge in [0, 0.05) is 6.20 Å². The number of benzene rings is 1. The van der Waals surface area contributed by atoms with E-state index in [2.05, 4.69) is 4.98 Å². The molecule has 0 saturated carbocycles. The summed E-state index contributed by atoms with van der Waals surface area (Å²) in [7, 11) is 3.09. The zero-order valence-electron chi connectivity index (χ0n) is 9.52. The highest BCUT2D eigenvalue weighted by atomic mass is 16.5. The zero-order chi connectivity index (χ0) is 12.4. The van der Waals surface area contributed by atoms with E-state index < -0.39 is 0 Å². The maximum absolute atomic E-state index is 8.93. The van der Waals surface area contributed by atoms with Gasteiger partial charge in [-0.25, -0.2) is 0 Å². The van der Waals surface area contributed by atoms with Crippen LogP contribution in [0.2, 0.25) is 0 Å². The first-order valence-electron chi connectivity index (χ1n) is 4.92. The number of nitriles is 1. The zero-order valence-corrected chi connectivity index (χ0v) is 9.52. The van der Waals surface area contributed by atoms with Gasteiger partial charge in [-0.3, -0.25) is 4.98 Å². The molecule has 0 spiro atoms. The maximum Gasteiger partial charge on any atom is 0.145 e. The highest BCUT2D eigenvalue weighted by Gasteiger charge is 2.14. The van der Waals surface area contributed by atoms with Gasteiger partial charge in [0.1, 0.15) is 23.1 Å². The van der Waals surface area contributed by atoms with Crippen molar-refractivity contribution < 1.29 is 9.47 Å². The summed E-state index contributed by atoms with van der Waals surface area (Å²) in [6.45, 7) is 0. The van der Waals surface area contributed by atoms with Crippen molar-refractivity contribution in [3.63, 3.8) is 0 Å². The summed E-state index contributed by atoms with van der Waals surface area (Å²) in [6, 6.07) is 5.48. The van der Waals surface area contributed by atoms with Gasteiger partial charge in [0.25, 0.3) is 0 Å². The average Bonchev–Trinajstić information content (AvgIpc) is 2.38. The van der Waals surface area contributed by atoms with Gasteiger partial charge in [0.15, 0.2) is 0 Å². The SMILES string of the molecule is COc1ccc(OC)c2c(N)c(C#N)cnc12. The monoisotopic (exact) mass is 229 g/mol. The highest BCUT2D eigenvalue weighted by Crippen LogP contribution is 2.36. The maximum atomic E-state index is 8.93. The van der Waals surface area contributed by atoms with Crippen molar-refractivity contribution in [2.45, 2.75) is 0 Å². The van der Waals surface area contributed by atoms with Gasteiger partial charge in [-0.05, 0) is 12.1 Å². The molecular weight excluding hydrogens is 218 g/mol. The molecule has 86 valence electrons. The number of nitrogen functional groups attached to an aromatic ring is 1. The summed E-state index contributed by atoms with van der Waals surface area (Å²) in [4.78, 5) is 4.18. The number of pyridine rings is 1. The lowest BCUT2D eigenvalue weighted by molar-refractivity contribution is 0.410. The van der Waals surface area contributed by atoms with E-state index in [0.29, 0.717) is 33.7 Å². The number of aromatic nitrogens is 1. The molecule has 0 aliphatic heterocycles. The van der Waals surface area contributed by atoms with Crippen LogP contribution in [0.3, 0.4) is 0 Å². The summed E-state index contributed by atoms with van der Waals surface area (Å²) >= 11 is 0. The molecule has 5 nitrogen and oxygen atoms in total. The molecule has 1 aromatic carbocycles. The molecule has 1 aromatic heterocycles. The van der Waals surface area contributed by atoms with Crippen LogP contribution in [0.1, 0.15) is 5.56 Å². The Kier molecular flexibility index (Phi) is 2.71. The first kappa shape index (κ1) is 11.0. The summed E-state index contributed by atoms with van der Waals surface area (Å²) in [6.07, 6.45) is 1.43. The average molecular weight is 229 g/mol. The van der Waals surface area contributed by atoms with Crippen LogP contribution in [0.5, 0.6) is 11.5 Å². The van der Waals surface area contributed by atoms with Crippen molar-refractivity contribution in [3.8, 4) is 17.6 Å². The number of hydrogen-bond donors (Lipinski definition) is 1. The van der Waals surface area contributed by atoms with Crippen LogP contribution in [0.25, 0.3) is 10.9 Å². The largest absolute Gasteiger partial charge is 0.496 e. The van der Waals surface area contributed by atoms with E-state index in [1.807, 2.05) is 6.07 Å². The van der Waals surface area contributed by atoms with Crippen molar-refractivity contribution in [2.75, 3.05) is 20.0 Å². The minimum atomic E-state index is 0.323. The molecule has 0 radical (unpaired) electrons. The van der Waals surface area contributed by atoms with Gasteiger partial charge in [0.2, 0.25) is 0 Å². The van der Waals surface area contributed by atoms with E-state index in [-0.39, 0.29) is 0 Å². The smallest absolute Gasteiger partial charge is 0.145 e. The minimum absolute atomic E-state index is 0.323. The fourth-order valence-electron chi connectivity index (χ4n) is 1.70. The highest BCUT2D eigenvalue weighted by molar-refractivity contribution is 6.00. The molecule has 2 aromatic rings. The van der Waals surface area contributed by atoms with Gasteiger partial charge < -0.3 is 15.2 Å². The Morgan fingerprint density at radius 3 is 2.47 bits per heavy atom. The second-order valence-corrected chi connectivity index (χ2v) is 3.39. The van der Waals surface area contributed by atoms with E-state index in [9.17, 15) is 0 Å². The molecule has 2 rings (SSSR count). The number of anilines is 1. The molecule has 2 N–H and O–H groups in total. The molecular formula is C12H11N3O2. The number of methoxy groups -OCH3 is 2. The number of nitrogens with zero attached hydrogens (tertiary/aromatic N) is 2. The van der Waals surface area contributed by atoms with E-state index in [4.69, 9.17) is 20.5 Å². The van der Waals surface area contributed by atoms with Crippen molar-refractivity contribution in [2.24, 2.45) is 0 Å². The molecule has 1 heterocycles. The Morgan fingerprint density at radius 1 is 1.24 bits per heavy atom. The number of rotatable bonds is 2. The summed E-state index contributed by atoms with van der Waals surface area (Å²) < 4.78 is 10.4. The second-order valence-electron chi connectivity index (χ2n) is 3.39. The van der Waals surface area contributed by atoms with Crippen LogP contribution in [0.15, 0.2) is 18.3 Å². The number of ether oxygens (including phenoxy) is 2. The van der Waals surface area contributed by atoms with Crippen molar-refractivity contribution in [3.05, 3.63) is 23.9 Å². The standard InChI is InChI=1S/C12H11N3O2/c1-16-8-3-4-9(17-2)12-10(8)11(14)7(5-13)6-15-12/h3-4,6H,1-2H3,(H2,14,15). The predicted molar refractivity (Wildman–Crippen MR) is 64.0 cm³/mol. The molecule has 0 atom stereocenters. The lowest BCUT2D eigenvalue weighted by Gasteiger charge is -2.11. The predicted octanol–water partition coefficient (Wildman–Crippen LogP) is 1.71. The molecule has 0 aliphatic carbocycles. The summed E-state index contributed by atoms with van der Waals surface area (Å²) in [5.41, 5.74) is 7.20. The van der Waals surface area contributed by atoms with E-state index in [1.54, 1.807) is 26.4 Å². The normalized spacial score (nSPS) is 9.94. The van der Waals surface area contributed by atoms with Crippen LogP contribution >= 0.6 is 0 Å². The third-order valence-corrected chi connectivity index (χ3v) is 2.55. The minimum Gasteiger partial charge on any atom is -0.496 e. The molecule has 0 bridgehead atoms. The van der Waals surface area contributed by atoms with Gasteiger partial charge in [-0.15, -0.1) is 0 Å². The van der Waals surface area contributed by atoms with Crippen molar-refractivity contribution in [1.29, 1.82) is 5.26 Å². The quantitative estimate of drug-likeness (QED) is 0.847. The van der Waals surface area contributed by atoms with E-state index in [0.717, 1.165) is 0 Å². The van der Waals surface area contributed by atoms with Gasteiger partial charge in [-0.1, -0.05) is 0 Å². The summed E-state index contributed by atoms with van der Waals surface area (Å²) in [5.74, 6) is 1.17. The Morgan fingerprint density at radius 2 is 1.88 bits per heavy atom. The van der Waals surface area contributed by atoms with Crippen LogP contribution in [0, 0.1) is 11.3 Å². The molecule has 0 unspecified atom stereocenters. The van der Waals surface area contributed by atoms with Gasteiger partial charge in [-0.2, -0.15) is 5.26 Å². The van der Waals surface area contributed by atoms with E-state index >= 15 is 0 Å². The molecule has 0 saturated heterocycles. The van der Waals surface area contributed by atoms with Crippen LogP contribution in [-0.2, 0) is 0 Å². The fourth-order valence-corrected chi connectivity index (χ4v) is 1.70. The second kappa shape index (κ2) is 4.18. The van der Waals surface area contributed by atoms with Crippen LogP contribution < -0.4 is 15.2 Å². The molecule has 0 fully saturated rings. The first-order valence-corrected chi connectivity index (χ1v) is 4.92. The number of fused-ring (bicyclic) bond motifs is 1. The molecule has 0 amide bonds. The summed E-state index contributed by atoms with van der Waals surface area (Å²) in [5, 5.41) is 9.53. The van der Waals surface area contributed by atoms with Crippen LogP contribution in [-0.4, -0.2) is 19.2 Å². The Hall–Kier alpha value is -2.48. The van der Waals surface area contributed by atoms with Crippen LogP contribution in [0.4, 0.5) is 5.69 Å². The Bertz CT molecular complexity index is 617. The van der Waals surface area contributed by atoms with Gasteiger partial charge in [0.05, 0.1) is 30.9 Å². The topological polar surface area (TPSA) is 81.2 Å². The lowest BCUT2D eigenvalue weighted by atomic mass is 10.1. The fraction of sp³-hybridized carbons (Fsp3) is 0.167. The molecule has 17 heavy (non-hydrogen) atoms.